The van der Waals surface area contributed by atoms with Crippen molar-refractivity contribution in [3.05, 3.63) is 126 Å². The van der Waals surface area contributed by atoms with Crippen molar-refractivity contribution in [3.63, 3.8) is 0 Å². The van der Waals surface area contributed by atoms with Crippen LogP contribution in [0.5, 0.6) is 0 Å². The zero-order valence-electron chi connectivity index (χ0n) is 18.8. The Bertz CT molecular complexity index is 980. The summed E-state index contributed by atoms with van der Waals surface area (Å²) in [5.74, 6) is 0. The van der Waals surface area contributed by atoms with E-state index in [4.69, 9.17) is 0 Å². The number of rotatable bonds is 5. The highest BCUT2D eigenvalue weighted by Crippen LogP contribution is 2.18. The van der Waals surface area contributed by atoms with Gasteiger partial charge in [0.1, 0.15) is 6.67 Å². The van der Waals surface area contributed by atoms with Crippen LogP contribution in [0.2, 0.25) is 0 Å². The molecule has 2 heteroatoms. The van der Waals surface area contributed by atoms with Gasteiger partial charge in [-0.25, -0.2) is 4.39 Å². The first-order valence-corrected chi connectivity index (χ1v) is 11.0. The van der Waals surface area contributed by atoms with E-state index in [0.717, 1.165) is 24.0 Å². The summed E-state index contributed by atoms with van der Waals surface area (Å²) >= 11 is 0. The van der Waals surface area contributed by atoms with E-state index in [9.17, 15) is 4.39 Å². The minimum Gasteiger partial charge on any atom is -0.265 e. The highest BCUT2D eigenvalue weighted by molar-refractivity contribution is 5.62. The molecule has 0 saturated carbocycles. The summed E-state index contributed by atoms with van der Waals surface area (Å²) in [6, 6.07) is 30.5. The monoisotopic (exact) mass is 413 g/mol. The Morgan fingerprint density at radius 1 is 0.613 bits per heavy atom. The van der Waals surface area contributed by atoms with Gasteiger partial charge in [0, 0.05) is 12.4 Å². The summed E-state index contributed by atoms with van der Waals surface area (Å²) in [7, 11) is 0. The fourth-order valence-electron chi connectivity index (χ4n) is 3.15. The molecule has 0 aliphatic rings. The Balaban J connectivity index is 0.000000204. The second kappa shape index (κ2) is 13.9. The van der Waals surface area contributed by atoms with Crippen LogP contribution >= 0.6 is 0 Å². The van der Waals surface area contributed by atoms with Gasteiger partial charge in [-0.1, -0.05) is 99.6 Å². The second-order valence-corrected chi connectivity index (χ2v) is 6.85. The van der Waals surface area contributed by atoms with Crippen LogP contribution in [0.25, 0.3) is 11.1 Å². The molecule has 0 bridgehead atoms. The van der Waals surface area contributed by atoms with Crippen LogP contribution in [0.1, 0.15) is 43.0 Å². The fourth-order valence-corrected chi connectivity index (χ4v) is 3.15. The highest BCUT2D eigenvalue weighted by Gasteiger charge is 2.01. The number of aromatic nitrogens is 1. The maximum atomic E-state index is 12.7. The van der Waals surface area contributed by atoms with Crippen LogP contribution in [0, 0.1) is 0 Å². The molecule has 4 aromatic rings. The van der Waals surface area contributed by atoms with Gasteiger partial charge in [-0.05, 0) is 58.4 Å². The van der Waals surface area contributed by atoms with Crippen molar-refractivity contribution in [1.82, 2.24) is 4.98 Å². The predicted molar refractivity (Wildman–Crippen MR) is 131 cm³/mol. The maximum absolute atomic E-state index is 12.7. The number of aryl methyl sites for hydroxylation is 1. The third-order valence-electron chi connectivity index (χ3n) is 4.88. The topological polar surface area (TPSA) is 12.9 Å². The van der Waals surface area contributed by atoms with Gasteiger partial charge in [0.25, 0.3) is 0 Å². The molecular formula is C29H32FN. The number of hydrogen-bond donors (Lipinski definition) is 0. The van der Waals surface area contributed by atoms with Crippen molar-refractivity contribution < 1.29 is 4.39 Å². The van der Waals surface area contributed by atoms with E-state index in [1.54, 1.807) is 0 Å². The molecule has 0 aliphatic heterocycles. The molecule has 0 radical (unpaired) electrons. The molecule has 0 aliphatic carbocycles. The van der Waals surface area contributed by atoms with Gasteiger partial charge in [0.2, 0.25) is 0 Å². The Morgan fingerprint density at radius 3 is 1.74 bits per heavy atom. The molecule has 0 N–H and O–H groups in total. The lowest BCUT2D eigenvalue weighted by atomic mass is 10.0. The predicted octanol–water partition coefficient (Wildman–Crippen LogP) is 8.08. The molecule has 31 heavy (non-hydrogen) atoms. The molecule has 0 unspecified atom stereocenters. The quantitative estimate of drug-likeness (QED) is 0.322. The number of pyridine rings is 1. The summed E-state index contributed by atoms with van der Waals surface area (Å²) < 4.78 is 12.7. The van der Waals surface area contributed by atoms with Crippen LogP contribution in [0.15, 0.2) is 103 Å². The van der Waals surface area contributed by atoms with Crippen molar-refractivity contribution in [1.29, 1.82) is 0 Å². The summed E-state index contributed by atoms with van der Waals surface area (Å²) in [6.45, 7) is 5.78. The SMILES string of the molecule is CC.CCc1ccc(-c2ccncc2)cc1.FCc1ccccc1Cc1ccccc1. The Morgan fingerprint density at radius 2 is 1.16 bits per heavy atom. The van der Waals surface area contributed by atoms with Gasteiger partial charge in [-0.3, -0.25) is 4.98 Å². The van der Waals surface area contributed by atoms with Crippen LogP contribution < -0.4 is 0 Å². The molecule has 0 spiro atoms. The first-order chi connectivity index (χ1) is 15.3. The Kier molecular flexibility index (Phi) is 10.7. The summed E-state index contributed by atoms with van der Waals surface area (Å²) in [4.78, 5) is 4.00. The van der Waals surface area contributed by atoms with Crippen molar-refractivity contribution in [2.24, 2.45) is 0 Å². The number of benzene rings is 3. The lowest BCUT2D eigenvalue weighted by Crippen LogP contribution is -1.93. The lowest BCUT2D eigenvalue weighted by Gasteiger charge is -2.06. The molecule has 1 nitrogen and oxygen atoms in total. The van der Waals surface area contributed by atoms with Gasteiger partial charge in [-0.2, -0.15) is 0 Å². The van der Waals surface area contributed by atoms with Crippen molar-refractivity contribution in [2.45, 2.75) is 40.3 Å². The first kappa shape index (κ1) is 24.0. The van der Waals surface area contributed by atoms with E-state index >= 15 is 0 Å². The van der Waals surface area contributed by atoms with Crippen molar-refractivity contribution >= 4 is 0 Å². The maximum Gasteiger partial charge on any atom is 0.115 e. The van der Waals surface area contributed by atoms with Gasteiger partial charge in [-0.15, -0.1) is 0 Å². The minimum absolute atomic E-state index is 0.386. The van der Waals surface area contributed by atoms with Crippen LogP contribution in [-0.2, 0) is 19.5 Å². The van der Waals surface area contributed by atoms with E-state index in [1.807, 2.05) is 80.8 Å². The molecule has 4 rings (SSSR count). The van der Waals surface area contributed by atoms with E-state index in [1.165, 1.54) is 22.3 Å². The molecule has 0 amide bonds. The molecular weight excluding hydrogens is 381 g/mol. The van der Waals surface area contributed by atoms with Crippen molar-refractivity contribution in [3.8, 4) is 11.1 Å². The number of hydrogen-bond acceptors (Lipinski definition) is 1. The standard InChI is InChI=1S/C14H13F.C13H13N.C2H6/c15-11-14-9-5-4-8-13(14)10-12-6-2-1-3-7-12;1-2-11-3-5-12(6-4-11)13-7-9-14-10-8-13;1-2/h1-9H,10-11H2;3-10H,2H2,1H3;1-2H3. The number of nitrogens with zero attached hydrogens (tertiary/aromatic N) is 1. The molecule has 3 aromatic carbocycles. The normalized spacial score (nSPS) is 9.68. The van der Waals surface area contributed by atoms with E-state index < -0.39 is 0 Å². The zero-order chi connectivity index (χ0) is 22.3. The number of halogens is 1. The molecule has 0 fully saturated rings. The van der Waals surface area contributed by atoms with Crippen LogP contribution in [0.3, 0.4) is 0 Å². The average molecular weight is 414 g/mol. The average Bonchev–Trinajstić information content (AvgIpc) is 2.87. The van der Waals surface area contributed by atoms with Gasteiger partial charge >= 0.3 is 0 Å². The van der Waals surface area contributed by atoms with Gasteiger partial charge < -0.3 is 0 Å². The third kappa shape index (κ3) is 7.82. The molecule has 0 saturated heterocycles. The lowest BCUT2D eigenvalue weighted by molar-refractivity contribution is 0.483. The zero-order valence-corrected chi connectivity index (χ0v) is 18.8. The molecule has 160 valence electrons. The van der Waals surface area contributed by atoms with Crippen LogP contribution in [0.4, 0.5) is 4.39 Å². The van der Waals surface area contributed by atoms with E-state index in [0.29, 0.717) is 0 Å². The van der Waals surface area contributed by atoms with Gasteiger partial charge in [0.05, 0.1) is 0 Å². The van der Waals surface area contributed by atoms with Crippen LogP contribution in [-0.4, -0.2) is 4.98 Å². The summed E-state index contributed by atoms with van der Waals surface area (Å²) in [5, 5.41) is 0. The summed E-state index contributed by atoms with van der Waals surface area (Å²) in [5.41, 5.74) is 6.95. The van der Waals surface area contributed by atoms with E-state index in [2.05, 4.69) is 48.3 Å². The first-order valence-electron chi connectivity index (χ1n) is 11.0. The van der Waals surface area contributed by atoms with E-state index in [-0.39, 0.29) is 6.67 Å². The van der Waals surface area contributed by atoms with Crippen molar-refractivity contribution in [2.75, 3.05) is 0 Å². The highest BCUT2D eigenvalue weighted by atomic mass is 19.1. The second-order valence-electron chi connectivity index (χ2n) is 6.85. The third-order valence-corrected chi connectivity index (χ3v) is 4.88. The Labute approximate surface area is 186 Å². The number of alkyl halides is 1. The molecule has 0 atom stereocenters. The fraction of sp³-hybridized carbons (Fsp3) is 0.207. The Hall–Kier alpha value is -3.26. The van der Waals surface area contributed by atoms with Gasteiger partial charge in [0.15, 0.2) is 0 Å². The molecule has 1 aromatic heterocycles. The smallest absolute Gasteiger partial charge is 0.115 e. The molecule has 1 heterocycles. The minimum atomic E-state index is -0.386. The summed E-state index contributed by atoms with van der Waals surface area (Å²) in [6.07, 6.45) is 5.55. The largest absolute Gasteiger partial charge is 0.265 e.